The summed E-state index contributed by atoms with van der Waals surface area (Å²) in [6.07, 6.45) is 3.92. The zero-order valence-corrected chi connectivity index (χ0v) is 11.2. The monoisotopic (exact) mass is 327 g/mol. The summed E-state index contributed by atoms with van der Waals surface area (Å²) in [6, 6.07) is 0. The molecular formula is C9H15Br2NO2. The number of hydrogen-bond donors (Lipinski definition) is 1. The average molecular weight is 329 g/mol. The van der Waals surface area contributed by atoms with Crippen molar-refractivity contribution < 1.29 is 9.59 Å². The van der Waals surface area contributed by atoms with Gasteiger partial charge in [0.05, 0.1) is 0 Å². The highest BCUT2D eigenvalue weighted by molar-refractivity contribution is 9.09. The van der Waals surface area contributed by atoms with E-state index in [1.54, 1.807) is 0 Å². The van der Waals surface area contributed by atoms with Gasteiger partial charge in [-0.05, 0) is 19.3 Å². The van der Waals surface area contributed by atoms with Gasteiger partial charge in [-0.2, -0.15) is 0 Å². The third-order valence-electron chi connectivity index (χ3n) is 1.60. The summed E-state index contributed by atoms with van der Waals surface area (Å²) >= 11 is 6.56. The van der Waals surface area contributed by atoms with E-state index in [-0.39, 0.29) is 11.8 Å². The van der Waals surface area contributed by atoms with Crippen LogP contribution in [0.25, 0.3) is 0 Å². The summed E-state index contributed by atoms with van der Waals surface area (Å²) < 4.78 is 0. The van der Waals surface area contributed by atoms with Gasteiger partial charge >= 0.3 is 0 Å². The molecule has 0 unspecified atom stereocenters. The first kappa shape index (κ1) is 14.1. The smallest absolute Gasteiger partial charge is 0.226 e. The van der Waals surface area contributed by atoms with E-state index in [1.807, 2.05) is 0 Å². The number of alkyl halides is 2. The maximum Gasteiger partial charge on any atom is 0.226 e. The van der Waals surface area contributed by atoms with Gasteiger partial charge in [0, 0.05) is 23.5 Å². The van der Waals surface area contributed by atoms with E-state index < -0.39 is 0 Å². The van der Waals surface area contributed by atoms with Crippen molar-refractivity contribution >= 4 is 43.7 Å². The van der Waals surface area contributed by atoms with Crippen LogP contribution in [0.15, 0.2) is 0 Å². The summed E-state index contributed by atoms with van der Waals surface area (Å²) in [7, 11) is 0. The Labute approximate surface area is 101 Å². The molecule has 1 heterocycles. The number of nitrogens with one attached hydrogen (secondary N) is 1. The van der Waals surface area contributed by atoms with E-state index in [2.05, 4.69) is 37.2 Å². The first-order valence-electron chi connectivity index (χ1n) is 4.65. The highest BCUT2D eigenvalue weighted by Gasteiger charge is 2.11. The molecule has 0 bridgehead atoms. The van der Waals surface area contributed by atoms with Gasteiger partial charge in [0.15, 0.2) is 0 Å². The Kier molecular flexibility index (Phi) is 9.72. The molecule has 1 N–H and O–H groups in total. The lowest BCUT2D eigenvalue weighted by Crippen LogP contribution is -2.27. The van der Waals surface area contributed by atoms with Crippen LogP contribution in [0.1, 0.15) is 32.1 Å². The van der Waals surface area contributed by atoms with E-state index >= 15 is 0 Å². The quantitative estimate of drug-likeness (QED) is 0.625. The Balaban J connectivity index is 0.000000292. The lowest BCUT2D eigenvalue weighted by atomic mass is 10.2. The Morgan fingerprint density at radius 3 is 1.71 bits per heavy atom. The van der Waals surface area contributed by atoms with E-state index in [0.717, 1.165) is 23.5 Å². The molecule has 82 valence electrons. The molecule has 0 aromatic rings. The minimum absolute atomic E-state index is 0.127. The minimum Gasteiger partial charge on any atom is -0.296 e. The second kappa shape index (κ2) is 9.65. The Bertz CT molecular complexity index is 168. The van der Waals surface area contributed by atoms with Gasteiger partial charge in [0.25, 0.3) is 0 Å². The largest absolute Gasteiger partial charge is 0.296 e. The van der Waals surface area contributed by atoms with Crippen LogP contribution in [0.4, 0.5) is 0 Å². The summed E-state index contributed by atoms with van der Waals surface area (Å²) in [5.74, 6) is -0.255. The van der Waals surface area contributed by atoms with Crippen LogP contribution >= 0.6 is 31.9 Å². The zero-order valence-electron chi connectivity index (χ0n) is 8.02. The number of carbonyl (C=O) groups is 2. The molecule has 0 saturated carbocycles. The minimum atomic E-state index is -0.127. The molecule has 1 saturated heterocycles. The van der Waals surface area contributed by atoms with Crippen LogP contribution in [-0.2, 0) is 9.59 Å². The summed E-state index contributed by atoms with van der Waals surface area (Å²) in [6.45, 7) is 0. The third-order valence-corrected chi connectivity index (χ3v) is 2.73. The predicted molar refractivity (Wildman–Crippen MR) is 63.8 cm³/mol. The van der Waals surface area contributed by atoms with Gasteiger partial charge in [-0.25, -0.2) is 0 Å². The van der Waals surface area contributed by atoms with Gasteiger partial charge in [-0.3, -0.25) is 14.9 Å². The summed E-state index contributed by atoms with van der Waals surface area (Å²) in [5, 5.41) is 4.48. The van der Waals surface area contributed by atoms with Crippen LogP contribution in [0.5, 0.6) is 0 Å². The van der Waals surface area contributed by atoms with Crippen molar-refractivity contribution in [3.8, 4) is 0 Å². The number of rotatable bonds is 2. The topological polar surface area (TPSA) is 46.2 Å². The Hall–Kier alpha value is 0.100. The number of halogens is 2. The predicted octanol–water partition coefficient (Wildman–Crippen LogP) is 2.37. The fourth-order valence-electron chi connectivity index (χ4n) is 0.902. The van der Waals surface area contributed by atoms with Gasteiger partial charge < -0.3 is 0 Å². The molecule has 1 rings (SSSR count). The van der Waals surface area contributed by atoms with E-state index in [1.165, 1.54) is 6.42 Å². The fraction of sp³-hybridized carbons (Fsp3) is 0.778. The summed E-state index contributed by atoms with van der Waals surface area (Å²) in [5.41, 5.74) is 0. The molecule has 1 fully saturated rings. The molecule has 0 spiro atoms. The van der Waals surface area contributed by atoms with Crippen molar-refractivity contribution in [1.29, 1.82) is 0 Å². The molecule has 5 heteroatoms. The van der Waals surface area contributed by atoms with E-state index in [4.69, 9.17) is 0 Å². The number of hydrogen-bond acceptors (Lipinski definition) is 2. The SMILES string of the molecule is BrCCCBr.O=C1CCCCC(=O)N1. The molecule has 14 heavy (non-hydrogen) atoms. The van der Waals surface area contributed by atoms with Gasteiger partial charge in [0.1, 0.15) is 0 Å². The molecule has 0 aromatic carbocycles. The highest BCUT2D eigenvalue weighted by atomic mass is 79.9. The molecule has 0 atom stereocenters. The zero-order chi connectivity index (χ0) is 10.8. The molecule has 0 aliphatic carbocycles. The van der Waals surface area contributed by atoms with Gasteiger partial charge in [-0.1, -0.05) is 31.9 Å². The van der Waals surface area contributed by atoms with Crippen molar-refractivity contribution in [2.75, 3.05) is 10.7 Å². The van der Waals surface area contributed by atoms with Crippen LogP contribution in [0, 0.1) is 0 Å². The fourth-order valence-corrected chi connectivity index (χ4v) is 2.22. The second-order valence-electron chi connectivity index (χ2n) is 2.91. The van der Waals surface area contributed by atoms with Crippen molar-refractivity contribution in [2.45, 2.75) is 32.1 Å². The molecular weight excluding hydrogens is 314 g/mol. The van der Waals surface area contributed by atoms with Crippen LogP contribution < -0.4 is 5.32 Å². The average Bonchev–Trinajstić information content (AvgIpc) is 2.32. The maximum absolute atomic E-state index is 10.6. The molecule has 1 aliphatic heterocycles. The van der Waals surface area contributed by atoms with Crippen LogP contribution in [-0.4, -0.2) is 22.5 Å². The number of amides is 2. The number of imide groups is 1. The van der Waals surface area contributed by atoms with Crippen LogP contribution in [0.3, 0.4) is 0 Å². The molecule has 0 radical (unpaired) electrons. The summed E-state index contributed by atoms with van der Waals surface area (Å²) in [4.78, 5) is 21.1. The maximum atomic E-state index is 10.6. The van der Waals surface area contributed by atoms with Crippen molar-refractivity contribution in [2.24, 2.45) is 0 Å². The molecule has 1 aliphatic rings. The highest BCUT2D eigenvalue weighted by Crippen LogP contribution is 2.03. The Morgan fingerprint density at radius 2 is 1.43 bits per heavy atom. The van der Waals surface area contributed by atoms with Gasteiger partial charge in [0.2, 0.25) is 11.8 Å². The normalized spacial score (nSPS) is 16.4. The molecule has 3 nitrogen and oxygen atoms in total. The molecule has 2 amide bonds. The second-order valence-corrected chi connectivity index (χ2v) is 4.50. The Morgan fingerprint density at radius 1 is 1.00 bits per heavy atom. The van der Waals surface area contributed by atoms with Gasteiger partial charge in [-0.15, -0.1) is 0 Å². The van der Waals surface area contributed by atoms with Crippen LogP contribution in [0.2, 0.25) is 0 Å². The van der Waals surface area contributed by atoms with Crippen molar-refractivity contribution in [3.63, 3.8) is 0 Å². The lowest BCUT2D eigenvalue weighted by molar-refractivity contribution is -0.129. The third kappa shape index (κ3) is 8.69. The first-order valence-corrected chi connectivity index (χ1v) is 6.89. The van der Waals surface area contributed by atoms with E-state index in [0.29, 0.717) is 12.8 Å². The first-order chi connectivity index (χ1) is 6.70. The standard InChI is InChI=1S/C6H9NO2.C3H6Br2/c8-5-3-1-2-4-6(9)7-5;4-2-1-3-5/h1-4H2,(H,7,8,9);1-3H2. The molecule has 0 aromatic heterocycles. The van der Waals surface area contributed by atoms with Crippen molar-refractivity contribution in [1.82, 2.24) is 5.32 Å². The van der Waals surface area contributed by atoms with E-state index in [9.17, 15) is 9.59 Å². The van der Waals surface area contributed by atoms with Crippen molar-refractivity contribution in [3.05, 3.63) is 0 Å². The lowest BCUT2D eigenvalue weighted by Gasteiger charge is -1.93. The number of carbonyl (C=O) groups excluding carboxylic acids is 2.